The summed E-state index contributed by atoms with van der Waals surface area (Å²) in [5.41, 5.74) is 1.52. The number of anilines is 2. The predicted octanol–water partition coefficient (Wildman–Crippen LogP) is 2.27. The van der Waals surface area contributed by atoms with Crippen molar-refractivity contribution in [2.45, 2.75) is 57.7 Å². The lowest BCUT2D eigenvalue weighted by atomic mass is 10.0. The second kappa shape index (κ2) is 14.0. The molecule has 3 aromatic rings. The summed E-state index contributed by atoms with van der Waals surface area (Å²) in [6.07, 6.45) is 3.53. The van der Waals surface area contributed by atoms with E-state index in [1.807, 2.05) is 24.3 Å². The molecule has 14 nitrogen and oxygen atoms in total. The van der Waals surface area contributed by atoms with Gasteiger partial charge in [0.05, 0.1) is 24.5 Å². The molecule has 6 rings (SSSR count). The molecule has 3 saturated heterocycles. The first-order valence-corrected chi connectivity index (χ1v) is 16.5. The van der Waals surface area contributed by atoms with E-state index in [0.717, 1.165) is 37.2 Å². The van der Waals surface area contributed by atoms with Gasteiger partial charge in [-0.25, -0.2) is 4.79 Å². The number of tetrazole rings is 1. The van der Waals surface area contributed by atoms with Crippen molar-refractivity contribution >= 4 is 46.7 Å². The van der Waals surface area contributed by atoms with E-state index in [-0.39, 0.29) is 31.5 Å². The molecule has 0 radical (unpaired) electrons. The third-order valence-electron chi connectivity index (χ3n) is 8.71. The van der Waals surface area contributed by atoms with Crippen LogP contribution in [0.2, 0.25) is 5.02 Å². The molecule has 48 heavy (non-hydrogen) atoms. The fraction of sp³-hybridized carbons (Fsp3) is 0.485. The largest absolute Gasteiger partial charge is 0.458 e. The molecule has 2 aromatic carbocycles. The second-order valence-electron chi connectivity index (χ2n) is 13.1. The maximum Gasteiger partial charge on any atom is 0.329 e. The molecular formula is C33H39ClN8O6. The van der Waals surface area contributed by atoms with Gasteiger partial charge in [-0.15, -0.1) is 5.10 Å². The van der Waals surface area contributed by atoms with Gasteiger partial charge in [-0.3, -0.25) is 19.3 Å². The molecule has 1 unspecified atom stereocenters. The Morgan fingerprint density at radius 2 is 1.77 bits per heavy atom. The van der Waals surface area contributed by atoms with Crippen LogP contribution in [0.15, 0.2) is 48.8 Å². The van der Waals surface area contributed by atoms with E-state index in [1.165, 1.54) is 20.8 Å². The Morgan fingerprint density at radius 1 is 1.00 bits per heavy atom. The number of aromatic nitrogens is 4. The minimum Gasteiger partial charge on any atom is -0.458 e. The number of benzene rings is 2. The highest BCUT2D eigenvalue weighted by Crippen LogP contribution is 2.30. The average molecular weight is 679 g/mol. The molecule has 1 aromatic heterocycles. The van der Waals surface area contributed by atoms with E-state index in [0.29, 0.717) is 36.1 Å². The van der Waals surface area contributed by atoms with Crippen LogP contribution in [0.25, 0.3) is 5.69 Å². The predicted molar refractivity (Wildman–Crippen MR) is 176 cm³/mol. The van der Waals surface area contributed by atoms with Crippen molar-refractivity contribution in [2.24, 2.45) is 0 Å². The fourth-order valence-corrected chi connectivity index (χ4v) is 6.53. The summed E-state index contributed by atoms with van der Waals surface area (Å²) in [4.78, 5) is 60.7. The SMILES string of the molecule is CC(C)(C)OC(=O)[C@H](Cc1ccc(N2CCN(C3CCCOC3)CC2=O)cc1)N1CCN(c2cc(Cl)ccc2-n2cnnn2)C(=O)C1=O. The zero-order valence-electron chi connectivity index (χ0n) is 27.2. The van der Waals surface area contributed by atoms with Gasteiger partial charge in [0.25, 0.3) is 0 Å². The summed E-state index contributed by atoms with van der Waals surface area (Å²) in [6.45, 7) is 8.52. The van der Waals surface area contributed by atoms with Crippen LogP contribution < -0.4 is 9.80 Å². The Hall–Kier alpha value is -4.40. The number of ether oxygens (including phenoxy) is 2. The highest BCUT2D eigenvalue weighted by Gasteiger charge is 2.42. The van der Waals surface area contributed by atoms with Gasteiger partial charge < -0.3 is 24.2 Å². The maximum atomic E-state index is 13.7. The number of halogens is 1. The first-order valence-electron chi connectivity index (χ1n) is 16.1. The van der Waals surface area contributed by atoms with Crippen LogP contribution in [-0.4, -0.2) is 117 Å². The summed E-state index contributed by atoms with van der Waals surface area (Å²) in [7, 11) is 0. The van der Waals surface area contributed by atoms with E-state index in [2.05, 4.69) is 20.4 Å². The van der Waals surface area contributed by atoms with E-state index < -0.39 is 29.4 Å². The van der Waals surface area contributed by atoms with E-state index >= 15 is 0 Å². The topological polar surface area (TPSA) is 143 Å². The van der Waals surface area contributed by atoms with Gasteiger partial charge >= 0.3 is 17.8 Å². The van der Waals surface area contributed by atoms with Crippen molar-refractivity contribution < 1.29 is 28.7 Å². The Bertz CT molecular complexity index is 1660. The molecule has 0 aliphatic carbocycles. The molecule has 3 amide bonds. The summed E-state index contributed by atoms with van der Waals surface area (Å²) in [5, 5.41) is 11.6. The standard InChI is InChI=1S/C33H39ClN8O6/c1-33(2,3)48-32(46)28(17-22-6-9-24(10-7-22)39-13-12-38(19-29(39)43)25-5-4-16-47-20-25)41-15-14-40(30(44)31(41)45)27-18-23(34)8-11-26(27)42-21-35-36-37-42/h6-11,18,21,25,28H,4-5,12-17,19-20H2,1-3H3/t25?,28-/m0/s1. The molecule has 2 atom stereocenters. The van der Waals surface area contributed by atoms with E-state index in [4.69, 9.17) is 21.1 Å². The van der Waals surface area contributed by atoms with Crippen molar-refractivity contribution in [3.63, 3.8) is 0 Å². The van der Waals surface area contributed by atoms with Crippen LogP contribution in [0.5, 0.6) is 0 Å². The second-order valence-corrected chi connectivity index (χ2v) is 13.6. The molecule has 0 N–H and O–H groups in total. The van der Waals surface area contributed by atoms with Crippen LogP contribution in [0.1, 0.15) is 39.2 Å². The van der Waals surface area contributed by atoms with Gasteiger partial charge in [-0.2, -0.15) is 4.68 Å². The van der Waals surface area contributed by atoms with Crippen molar-refractivity contribution in [1.82, 2.24) is 30.0 Å². The smallest absolute Gasteiger partial charge is 0.329 e. The first kappa shape index (κ1) is 33.5. The number of esters is 1. The lowest BCUT2D eigenvalue weighted by Gasteiger charge is -2.40. The molecule has 0 saturated carbocycles. The van der Waals surface area contributed by atoms with Crippen LogP contribution >= 0.6 is 11.6 Å². The Morgan fingerprint density at radius 3 is 2.44 bits per heavy atom. The number of carbonyl (C=O) groups is 4. The highest BCUT2D eigenvalue weighted by molar-refractivity contribution is 6.41. The van der Waals surface area contributed by atoms with E-state index in [9.17, 15) is 19.2 Å². The molecule has 3 aliphatic heterocycles. The Labute approximate surface area is 283 Å². The van der Waals surface area contributed by atoms with Gasteiger partial charge in [-0.1, -0.05) is 23.7 Å². The van der Waals surface area contributed by atoms with Crippen molar-refractivity contribution in [3.05, 3.63) is 59.4 Å². The number of hydrogen-bond donors (Lipinski definition) is 0. The van der Waals surface area contributed by atoms with Gasteiger partial charge in [-0.05, 0) is 79.9 Å². The molecule has 0 spiro atoms. The Balaban J connectivity index is 1.18. The summed E-state index contributed by atoms with van der Waals surface area (Å²) in [5.74, 6) is -2.25. The van der Waals surface area contributed by atoms with Crippen LogP contribution in [0.4, 0.5) is 11.4 Å². The number of nitrogens with zero attached hydrogens (tertiary/aromatic N) is 8. The van der Waals surface area contributed by atoms with Gasteiger partial charge in [0, 0.05) is 56.0 Å². The van der Waals surface area contributed by atoms with Crippen molar-refractivity contribution in [2.75, 3.05) is 55.7 Å². The zero-order valence-corrected chi connectivity index (χ0v) is 28.0. The monoisotopic (exact) mass is 678 g/mol. The highest BCUT2D eigenvalue weighted by atomic mass is 35.5. The lowest BCUT2D eigenvalue weighted by molar-refractivity contribution is -0.166. The third kappa shape index (κ3) is 7.35. The van der Waals surface area contributed by atoms with Crippen LogP contribution in [0, 0.1) is 0 Å². The van der Waals surface area contributed by atoms with Crippen LogP contribution in [-0.2, 0) is 35.1 Å². The number of piperazine rings is 2. The van der Waals surface area contributed by atoms with Gasteiger partial charge in [0.1, 0.15) is 18.0 Å². The molecule has 15 heteroatoms. The molecular weight excluding hydrogens is 640 g/mol. The summed E-state index contributed by atoms with van der Waals surface area (Å²) >= 11 is 6.28. The molecule has 0 bridgehead atoms. The minimum absolute atomic E-state index is 0.0242. The summed E-state index contributed by atoms with van der Waals surface area (Å²) < 4.78 is 12.7. The Kier molecular flexibility index (Phi) is 9.76. The van der Waals surface area contributed by atoms with Crippen molar-refractivity contribution in [1.29, 1.82) is 0 Å². The van der Waals surface area contributed by atoms with Crippen LogP contribution in [0.3, 0.4) is 0 Å². The molecule has 254 valence electrons. The number of hydrogen-bond acceptors (Lipinski definition) is 10. The van der Waals surface area contributed by atoms with Gasteiger partial charge in [0.15, 0.2) is 0 Å². The third-order valence-corrected chi connectivity index (χ3v) is 8.95. The minimum atomic E-state index is -1.06. The molecule has 3 aliphatic rings. The number of amides is 3. The molecule has 3 fully saturated rings. The quantitative estimate of drug-likeness (QED) is 0.257. The number of carbonyl (C=O) groups excluding carboxylic acids is 4. The van der Waals surface area contributed by atoms with Crippen molar-refractivity contribution in [3.8, 4) is 5.69 Å². The normalized spacial score (nSPS) is 20.3. The maximum absolute atomic E-state index is 13.7. The average Bonchev–Trinajstić information content (AvgIpc) is 3.60. The first-order chi connectivity index (χ1) is 23.0. The number of rotatable bonds is 8. The zero-order chi connectivity index (χ0) is 34.0. The summed E-state index contributed by atoms with van der Waals surface area (Å²) in [6, 6.07) is 11.5. The fourth-order valence-electron chi connectivity index (χ4n) is 6.37. The molecule has 4 heterocycles. The lowest BCUT2D eigenvalue weighted by Crippen LogP contribution is -2.60. The van der Waals surface area contributed by atoms with Gasteiger partial charge in [0.2, 0.25) is 5.91 Å². The van der Waals surface area contributed by atoms with E-state index in [1.54, 1.807) is 43.9 Å².